The van der Waals surface area contributed by atoms with E-state index in [4.69, 9.17) is 14.2 Å². The number of fused-ring (bicyclic) bond motifs is 1. The number of carbonyl (C=O) groups excluding carboxylic acids is 1. The molecule has 1 atom stereocenters. The van der Waals surface area contributed by atoms with Crippen molar-refractivity contribution in [2.24, 2.45) is 0 Å². The standard InChI is InChI=1S/C25H28N2O6S/c1-17(18-4-5-20-15-22(31-2)8-6-19(20)14-18)25(28)26-21-7-9-23(32-3)24(16-21)34(29,30)27-10-12-33-13-11-27/h4-9,14-17H,10-13H2,1-3H3,(H,26,28)/t17-/m0/s1. The monoisotopic (exact) mass is 484 g/mol. The quantitative estimate of drug-likeness (QED) is 0.551. The fraction of sp³-hybridized carbons (Fsp3) is 0.320. The van der Waals surface area contributed by atoms with Gasteiger partial charge < -0.3 is 19.5 Å². The number of morpholine rings is 1. The molecular formula is C25H28N2O6S. The third kappa shape index (κ3) is 4.86. The Balaban J connectivity index is 1.56. The minimum atomic E-state index is -3.80. The van der Waals surface area contributed by atoms with Crippen LogP contribution in [0.1, 0.15) is 18.4 Å². The van der Waals surface area contributed by atoms with Gasteiger partial charge in [0.25, 0.3) is 0 Å². The van der Waals surface area contributed by atoms with Crippen LogP contribution in [-0.4, -0.2) is 59.2 Å². The van der Waals surface area contributed by atoms with Crippen molar-refractivity contribution in [3.63, 3.8) is 0 Å². The third-order valence-corrected chi connectivity index (χ3v) is 7.90. The van der Waals surface area contributed by atoms with E-state index >= 15 is 0 Å². The van der Waals surface area contributed by atoms with Gasteiger partial charge in [0.2, 0.25) is 15.9 Å². The van der Waals surface area contributed by atoms with E-state index in [1.54, 1.807) is 19.2 Å². The van der Waals surface area contributed by atoms with Gasteiger partial charge in [-0.05, 0) is 53.6 Å². The predicted molar refractivity (Wildman–Crippen MR) is 130 cm³/mol. The molecule has 1 aliphatic heterocycles. The van der Waals surface area contributed by atoms with Gasteiger partial charge in [-0.1, -0.05) is 24.3 Å². The van der Waals surface area contributed by atoms with Gasteiger partial charge >= 0.3 is 0 Å². The van der Waals surface area contributed by atoms with Gasteiger partial charge in [0.15, 0.2) is 0 Å². The van der Waals surface area contributed by atoms with Crippen LogP contribution in [0.4, 0.5) is 5.69 Å². The number of hydrogen-bond donors (Lipinski definition) is 1. The molecule has 0 bridgehead atoms. The molecule has 9 heteroatoms. The topological polar surface area (TPSA) is 94.2 Å². The number of nitrogens with one attached hydrogen (secondary N) is 1. The van der Waals surface area contributed by atoms with E-state index in [0.717, 1.165) is 22.1 Å². The Labute approximate surface area is 199 Å². The number of carbonyl (C=O) groups is 1. The molecule has 1 N–H and O–H groups in total. The van der Waals surface area contributed by atoms with Crippen molar-refractivity contribution in [1.82, 2.24) is 4.31 Å². The van der Waals surface area contributed by atoms with Crippen LogP contribution in [0.15, 0.2) is 59.5 Å². The number of nitrogens with zero attached hydrogens (tertiary/aromatic N) is 1. The van der Waals surface area contributed by atoms with Gasteiger partial charge in [0.05, 0.1) is 33.4 Å². The van der Waals surface area contributed by atoms with Crippen molar-refractivity contribution in [3.8, 4) is 11.5 Å². The van der Waals surface area contributed by atoms with Crippen LogP contribution < -0.4 is 14.8 Å². The van der Waals surface area contributed by atoms with Gasteiger partial charge in [0, 0.05) is 18.8 Å². The van der Waals surface area contributed by atoms with Crippen LogP contribution in [0.25, 0.3) is 10.8 Å². The zero-order valence-electron chi connectivity index (χ0n) is 19.4. The molecule has 8 nitrogen and oxygen atoms in total. The summed E-state index contributed by atoms with van der Waals surface area (Å²) in [5.74, 6) is 0.302. The Morgan fingerprint density at radius 2 is 1.68 bits per heavy atom. The third-order valence-electron chi connectivity index (χ3n) is 5.98. The average Bonchev–Trinajstić information content (AvgIpc) is 2.88. The average molecular weight is 485 g/mol. The maximum Gasteiger partial charge on any atom is 0.246 e. The smallest absolute Gasteiger partial charge is 0.246 e. The summed E-state index contributed by atoms with van der Waals surface area (Å²) in [7, 11) is -0.755. The normalized spacial score (nSPS) is 15.6. The summed E-state index contributed by atoms with van der Waals surface area (Å²) in [6, 6.07) is 16.2. The van der Waals surface area contributed by atoms with Crippen molar-refractivity contribution in [2.75, 3.05) is 45.8 Å². The molecular weight excluding hydrogens is 456 g/mol. The lowest BCUT2D eigenvalue weighted by Gasteiger charge is -2.27. The summed E-state index contributed by atoms with van der Waals surface area (Å²) < 4.78 is 43.6. The fourth-order valence-corrected chi connectivity index (χ4v) is 5.51. The molecule has 0 spiro atoms. The Bertz CT molecular complexity index is 1300. The minimum absolute atomic E-state index is 0.0157. The number of amides is 1. The predicted octanol–water partition coefficient (Wildman–Crippen LogP) is 3.62. The maximum absolute atomic E-state index is 13.2. The van der Waals surface area contributed by atoms with Crippen molar-refractivity contribution < 1.29 is 27.4 Å². The number of sulfonamides is 1. The first-order valence-corrected chi connectivity index (χ1v) is 12.4. The second-order valence-corrected chi connectivity index (χ2v) is 9.97. The number of methoxy groups -OCH3 is 2. The lowest BCUT2D eigenvalue weighted by atomic mass is 9.97. The summed E-state index contributed by atoms with van der Waals surface area (Å²) in [4.78, 5) is 13.0. The SMILES string of the molecule is COc1ccc2cc([C@H](C)C(=O)Nc3ccc(OC)c(S(=O)(=O)N4CCOCC4)c3)ccc2c1. The highest BCUT2D eigenvalue weighted by molar-refractivity contribution is 7.89. The molecule has 1 saturated heterocycles. The Hall–Kier alpha value is -3.14. The molecule has 3 aromatic rings. The van der Waals surface area contributed by atoms with Gasteiger partial charge in [-0.25, -0.2) is 8.42 Å². The van der Waals surface area contributed by atoms with E-state index in [1.165, 1.54) is 17.5 Å². The van der Waals surface area contributed by atoms with E-state index in [1.807, 2.05) is 43.3 Å². The molecule has 4 rings (SSSR count). The zero-order valence-corrected chi connectivity index (χ0v) is 20.2. The second-order valence-electron chi connectivity index (χ2n) is 8.07. The van der Waals surface area contributed by atoms with E-state index in [9.17, 15) is 13.2 Å². The lowest BCUT2D eigenvalue weighted by Crippen LogP contribution is -2.40. The molecule has 34 heavy (non-hydrogen) atoms. The second kappa shape index (κ2) is 10.0. The fourth-order valence-electron chi connectivity index (χ4n) is 3.92. The molecule has 0 saturated carbocycles. The number of ether oxygens (including phenoxy) is 3. The van der Waals surface area contributed by atoms with E-state index in [2.05, 4.69) is 5.32 Å². The molecule has 1 heterocycles. The first-order chi connectivity index (χ1) is 16.3. The van der Waals surface area contributed by atoms with Gasteiger partial charge in [-0.3, -0.25) is 4.79 Å². The summed E-state index contributed by atoms with van der Waals surface area (Å²) in [6.45, 7) is 3.04. The number of anilines is 1. The molecule has 0 unspecified atom stereocenters. The van der Waals surface area contributed by atoms with Crippen molar-refractivity contribution in [3.05, 3.63) is 60.2 Å². The Morgan fingerprint density at radius 1 is 0.971 bits per heavy atom. The molecule has 0 radical (unpaired) electrons. The number of benzene rings is 3. The van der Waals surface area contributed by atoms with Crippen molar-refractivity contribution in [1.29, 1.82) is 0 Å². The molecule has 1 fully saturated rings. The molecule has 1 amide bonds. The largest absolute Gasteiger partial charge is 0.497 e. The first-order valence-electron chi connectivity index (χ1n) is 11.0. The highest BCUT2D eigenvalue weighted by Crippen LogP contribution is 2.31. The van der Waals surface area contributed by atoms with Crippen LogP contribution in [-0.2, 0) is 19.6 Å². The summed E-state index contributed by atoms with van der Waals surface area (Å²) in [6.07, 6.45) is 0. The summed E-state index contributed by atoms with van der Waals surface area (Å²) >= 11 is 0. The molecule has 1 aliphatic rings. The zero-order chi connectivity index (χ0) is 24.3. The van der Waals surface area contributed by atoms with Crippen LogP contribution in [0, 0.1) is 0 Å². The Morgan fingerprint density at radius 3 is 2.38 bits per heavy atom. The van der Waals surface area contributed by atoms with E-state index < -0.39 is 15.9 Å². The lowest BCUT2D eigenvalue weighted by molar-refractivity contribution is -0.117. The molecule has 0 aromatic heterocycles. The number of rotatable bonds is 7. The minimum Gasteiger partial charge on any atom is -0.497 e. The van der Waals surface area contributed by atoms with Crippen molar-refractivity contribution in [2.45, 2.75) is 17.7 Å². The molecule has 0 aliphatic carbocycles. The Kier molecular flexibility index (Phi) is 7.06. The molecule has 180 valence electrons. The van der Waals surface area contributed by atoms with Crippen LogP contribution in [0.5, 0.6) is 11.5 Å². The van der Waals surface area contributed by atoms with Crippen LogP contribution in [0.3, 0.4) is 0 Å². The van der Waals surface area contributed by atoms with E-state index in [0.29, 0.717) is 18.9 Å². The van der Waals surface area contributed by atoms with Gasteiger partial charge in [0.1, 0.15) is 16.4 Å². The number of hydrogen-bond acceptors (Lipinski definition) is 6. The first kappa shape index (κ1) is 24.0. The summed E-state index contributed by atoms with van der Waals surface area (Å²) in [5.41, 5.74) is 1.24. The maximum atomic E-state index is 13.2. The molecule has 3 aromatic carbocycles. The summed E-state index contributed by atoms with van der Waals surface area (Å²) in [5, 5.41) is 4.87. The van der Waals surface area contributed by atoms with Gasteiger partial charge in [-0.2, -0.15) is 4.31 Å². The highest BCUT2D eigenvalue weighted by atomic mass is 32.2. The van der Waals surface area contributed by atoms with Gasteiger partial charge in [-0.15, -0.1) is 0 Å². The van der Waals surface area contributed by atoms with E-state index in [-0.39, 0.29) is 29.6 Å². The van der Waals surface area contributed by atoms with Crippen molar-refractivity contribution >= 4 is 32.4 Å². The van der Waals surface area contributed by atoms with Crippen LogP contribution in [0.2, 0.25) is 0 Å². The highest BCUT2D eigenvalue weighted by Gasteiger charge is 2.30. The van der Waals surface area contributed by atoms with Crippen LogP contribution >= 0.6 is 0 Å².